The van der Waals surface area contributed by atoms with Crippen LogP contribution in [0.1, 0.15) is 50.4 Å². The van der Waals surface area contributed by atoms with Crippen LogP contribution < -0.4 is 5.32 Å². The van der Waals surface area contributed by atoms with Crippen LogP contribution in [0.5, 0.6) is 0 Å². The van der Waals surface area contributed by atoms with Crippen LogP contribution in [0.15, 0.2) is 6.20 Å². The summed E-state index contributed by atoms with van der Waals surface area (Å²) in [6, 6.07) is 0.583. The highest BCUT2D eigenvalue weighted by Gasteiger charge is 2.26. The van der Waals surface area contributed by atoms with Gasteiger partial charge in [0.1, 0.15) is 0 Å². The van der Waals surface area contributed by atoms with Crippen molar-refractivity contribution in [3.63, 3.8) is 0 Å². The summed E-state index contributed by atoms with van der Waals surface area (Å²) in [5.74, 6) is 1.63. The molecule has 20 heavy (non-hydrogen) atoms. The summed E-state index contributed by atoms with van der Waals surface area (Å²) in [7, 11) is 1.73. The molecule has 1 N–H and O–H groups in total. The van der Waals surface area contributed by atoms with E-state index in [0.29, 0.717) is 6.04 Å². The average molecular weight is 279 g/mol. The number of nitrogens with zero attached hydrogens (tertiary/aromatic N) is 2. The number of aryl methyl sites for hydroxylation is 1. The summed E-state index contributed by atoms with van der Waals surface area (Å²) in [4.78, 5) is 0. The lowest BCUT2D eigenvalue weighted by Crippen LogP contribution is -2.23. The van der Waals surface area contributed by atoms with E-state index in [9.17, 15) is 0 Å². The number of ether oxygens (including phenoxy) is 1. The number of rotatable bonds is 6. The second-order valence-electron chi connectivity index (χ2n) is 6.46. The SMILES string of the molecule is COCCNCc1cn(C2CC(C)CC(C)C2)nc1C. The molecule has 0 amide bonds. The minimum Gasteiger partial charge on any atom is -0.383 e. The molecule has 0 saturated heterocycles. The molecule has 2 unspecified atom stereocenters. The fourth-order valence-electron chi connectivity index (χ4n) is 3.40. The number of hydrogen-bond donors (Lipinski definition) is 1. The quantitative estimate of drug-likeness (QED) is 0.814. The molecule has 2 atom stereocenters. The molecular formula is C16H29N3O. The van der Waals surface area contributed by atoms with Crippen LogP contribution in [0.3, 0.4) is 0 Å². The first-order valence-corrected chi connectivity index (χ1v) is 7.84. The minimum atomic E-state index is 0.583. The molecule has 0 aromatic carbocycles. The minimum absolute atomic E-state index is 0.583. The largest absolute Gasteiger partial charge is 0.383 e. The Morgan fingerprint density at radius 3 is 2.65 bits per heavy atom. The number of hydrogen-bond acceptors (Lipinski definition) is 3. The molecular weight excluding hydrogens is 250 g/mol. The molecule has 2 rings (SSSR count). The molecule has 0 aliphatic heterocycles. The van der Waals surface area contributed by atoms with Crippen LogP contribution in [-0.2, 0) is 11.3 Å². The maximum Gasteiger partial charge on any atom is 0.0638 e. The third kappa shape index (κ3) is 4.06. The molecule has 1 aliphatic carbocycles. The van der Waals surface area contributed by atoms with E-state index >= 15 is 0 Å². The summed E-state index contributed by atoms with van der Waals surface area (Å²) < 4.78 is 7.27. The van der Waals surface area contributed by atoms with Gasteiger partial charge in [0.25, 0.3) is 0 Å². The Morgan fingerprint density at radius 2 is 2.00 bits per heavy atom. The molecule has 1 aromatic heterocycles. The predicted molar refractivity (Wildman–Crippen MR) is 81.8 cm³/mol. The van der Waals surface area contributed by atoms with Crippen LogP contribution in [0.25, 0.3) is 0 Å². The fraction of sp³-hybridized carbons (Fsp3) is 0.812. The lowest BCUT2D eigenvalue weighted by molar-refractivity contribution is 0.199. The van der Waals surface area contributed by atoms with Crippen molar-refractivity contribution < 1.29 is 4.74 Å². The van der Waals surface area contributed by atoms with Gasteiger partial charge in [-0.25, -0.2) is 0 Å². The lowest BCUT2D eigenvalue weighted by atomic mass is 9.80. The fourth-order valence-corrected chi connectivity index (χ4v) is 3.40. The van der Waals surface area contributed by atoms with Crippen LogP contribution in [0.2, 0.25) is 0 Å². The van der Waals surface area contributed by atoms with Gasteiger partial charge in [-0.05, 0) is 38.0 Å². The van der Waals surface area contributed by atoms with Gasteiger partial charge in [0, 0.05) is 32.0 Å². The van der Waals surface area contributed by atoms with E-state index in [-0.39, 0.29) is 0 Å². The van der Waals surface area contributed by atoms with E-state index in [2.05, 4.69) is 37.0 Å². The van der Waals surface area contributed by atoms with Crippen molar-refractivity contribution in [3.8, 4) is 0 Å². The maximum absolute atomic E-state index is 5.05. The Labute approximate surface area is 122 Å². The molecule has 1 aromatic rings. The molecule has 1 aliphatic rings. The molecule has 0 radical (unpaired) electrons. The highest BCUT2D eigenvalue weighted by atomic mass is 16.5. The Bertz CT molecular complexity index is 406. The molecule has 1 saturated carbocycles. The van der Waals surface area contributed by atoms with Crippen molar-refractivity contribution in [1.82, 2.24) is 15.1 Å². The molecule has 0 bridgehead atoms. The molecule has 4 nitrogen and oxygen atoms in total. The topological polar surface area (TPSA) is 39.1 Å². The first-order chi connectivity index (χ1) is 9.60. The lowest BCUT2D eigenvalue weighted by Gasteiger charge is -2.31. The molecule has 1 heterocycles. The van der Waals surface area contributed by atoms with Gasteiger partial charge in [-0.3, -0.25) is 4.68 Å². The van der Waals surface area contributed by atoms with Crippen molar-refractivity contribution in [3.05, 3.63) is 17.5 Å². The summed E-state index contributed by atoms with van der Waals surface area (Å²) in [6.45, 7) is 9.37. The molecule has 4 heteroatoms. The number of nitrogens with one attached hydrogen (secondary N) is 1. The van der Waals surface area contributed by atoms with E-state index in [1.54, 1.807) is 7.11 Å². The van der Waals surface area contributed by atoms with Crippen molar-refractivity contribution in [2.75, 3.05) is 20.3 Å². The van der Waals surface area contributed by atoms with Crippen LogP contribution in [0.4, 0.5) is 0 Å². The van der Waals surface area contributed by atoms with Gasteiger partial charge >= 0.3 is 0 Å². The van der Waals surface area contributed by atoms with Crippen LogP contribution in [0, 0.1) is 18.8 Å². The van der Waals surface area contributed by atoms with E-state index < -0.39 is 0 Å². The van der Waals surface area contributed by atoms with E-state index in [4.69, 9.17) is 9.84 Å². The van der Waals surface area contributed by atoms with E-state index in [0.717, 1.165) is 37.2 Å². The number of aromatic nitrogens is 2. The summed E-state index contributed by atoms with van der Waals surface area (Å²) in [5, 5.41) is 8.15. The first kappa shape index (κ1) is 15.5. The van der Waals surface area contributed by atoms with E-state index in [1.807, 2.05) is 0 Å². The van der Waals surface area contributed by atoms with Gasteiger partial charge in [0.2, 0.25) is 0 Å². The monoisotopic (exact) mass is 279 g/mol. The Hall–Kier alpha value is -0.870. The standard InChI is InChI=1S/C16H29N3O/c1-12-7-13(2)9-16(8-12)19-11-15(14(3)18-19)10-17-5-6-20-4/h11-13,16-17H,5-10H2,1-4H3. The van der Waals surface area contributed by atoms with Gasteiger partial charge < -0.3 is 10.1 Å². The number of methoxy groups -OCH3 is 1. The van der Waals surface area contributed by atoms with Gasteiger partial charge in [-0.2, -0.15) is 5.10 Å². The van der Waals surface area contributed by atoms with Crippen LogP contribution in [-0.4, -0.2) is 30.0 Å². The Morgan fingerprint density at radius 1 is 1.30 bits per heavy atom. The third-order valence-electron chi connectivity index (χ3n) is 4.34. The summed E-state index contributed by atoms with van der Waals surface area (Å²) in [5.41, 5.74) is 2.47. The first-order valence-electron chi connectivity index (χ1n) is 7.84. The molecule has 0 spiro atoms. The Kier molecular flexibility index (Phi) is 5.61. The van der Waals surface area contributed by atoms with Gasteiger partial charge in [-0.1, -0.05) is 13.8 Å². The maximum atomic E-state index is 5.05. The highest BCUT2D eigenvalue weighted by molar-refractivity contribution is 5.15. The van der Waals surface area contributed by atoms with Crippen molar-refractivity contribution in [2.45, 2.75) is 52.6 Å². The average Bonchev–Trinajstić information content (AvgIpc) is 2.75. The normalized spacial score (nSPS) is 26.9. The zero-order valence-corrected chi connectivity index (χ0v) is 13.4. The summed E-state index contributed by atoms with van der Waals surface area (Å²) >= 11 is 0. The molecule has 1 fully saturated rings. The second kappa shape index (κ2) is 7.23. The predicted octanol–water partition coefficient (Wildman–Crippen LogP) is 2.92. The van der Waals surface area contributed by atoms with Gasteiger partial charge in [0.15, 0.2) is 0 Å². The van der Waals surface area contributed by atoms with Gasteiger partial charge in [0.05, 0.1) is 18.3 Å². The summed E-state index contributed by atoms with van der Waals surface area (Å²) in [6.07, 6.45) is 6.14. The van der Waals surface area contributed by atoms with Crippen molar-refractivity contribution in [1.29, 1.82) is 0 Å². The highest BCUT2D eigenvalue weighted by Crippen LogP contribution is 2.35. The van der Waals surface area contributed by atoms with Gasteiger partial charge in [-0.15, -0.1) is 0 Å². The third-order valence-corrected chi connectivity index (χ3v) is 4.34. The second-order valence-corrected chi connectivity index (χ2v) is 6.46. The van der Waals surface area contributed by atoms with Crippen molar-refractivity contribution >= 4 is 0 Å². The zero-order valence-electron chi connectivity index (χ0n) is 13.4. The van der Waals surface area contributed by atoms with Crippen LogP contribution >= 0.6 is 0 Å². The zero-order chi connectivity index (χ0) is 14.5. The molecule has 114 valence electrons. The van der Waals surface area contributed by atoms with E-state index in [1.165, 1.54) is 24.8 Å². The Balaban J connectivity index is 1.95. The van der Waals surface area contributed by atoms with Crippen molar-refractivity contribution in [2.24, 2.45) is 11.8 Å². The smallest absolute Gasteiger partial charge is 0.0638 e.